The van der Waals surface area contributed by atoms with E-state index in [1.807, 2.05) is 50.2 Å². The molecule has 0 spiro atoms. The van der Waals surface area contributed by atoms with Crippen molar-refractivity contribution in [1.29, 1.82) is 0 Å². The Balaban J connectivity index is 1.72. The van der Waals surface area contributed by atoms with E-state index in [1.54, 1.807) is 17.0 Å². The van der Waals surface area contributed by atoms with Crippen LogP contribution in [0.1, 0.15) is 69.7 Å². The van der Waals surface area contributed by atoms with E-state index in [0.717, 1.165) is 22.3 Å². The fraction of sp³-hybridized carbons (Fsp3) is 0.241. The van der Waals surface area contributed by atoms with Crippen LogP contribution >= 0.6 is 0 Å². The summed E-state index contributed by atoms with van der Waals surface area (Å²) in [5, 5.41) is 0.483. The first kappa shape index (κ1) is 22.1. The molecule has 0 radical (unpaired) electrons. The number of halogens is 1. The zero-order chi connectivity index (χ0) is 24.1. The van der Waals surface area contributed by atoms with Crippen molar-refractivity contribution < 1.29 is 13.6 Å². The molecular formula is C29H26FNO3. The highest BCUT2D eigenvalue weighted by Crippen LogP contribution is 2.40. The number of fused-ring (bicyclic) bond motifs is 2. The summed E-state index contributed by atoms with van der Waals surface area (Å²) in [5.41, 5.74) is 5.19. The van der Waals surface area contributed by atoms with Gasteiger partial charge in [0.15, 0.2) is 5.43 Å². The minimum absolute atomic E-state index is 0.0875. The summed E-state index contributed by atoms with van der Waals surface area (Å²) >= 11 is 0. The van der Waals surface area contributed by atoms with Gasteiger partial charge in [-0.15, -0.1) is 0 Å². The molecule has 0 aliphatic carbocycles. The lowest BCUT2D eigenvalue weighted by molar-refractivity contribution is 0.0714. The maximum Gasteiger partial charge on any atom is 0.291 e. The van der Waals surface area contributed by atoms with E-state index in [1.165, 1.54) is 17.7 Å². The van der Waals surface area contributed by atoms with Crippen LogP contribution in [0.5, 0.6) is 0 Å². The van der Waals surface area contributed by atoms with Crippen molar-refractivity contribution in [2.45, 2.75) is 46.2 Å². The smallest absolute Gasteiger partial charge is 0.291 e. The van der Waals surface area contributed by atoms with Crippen molar-refractivity contribution >= 4 is 16.9 Å². The topological polar surface area (TPSA) is 50.5 Å². The molecule has 34 heavy (non-hydrogen) atoms. The average Bonchev–Trinajstić information content (AvgIpc) is 3.08. The highest BCUT2D eigenvalue weighted by atomic mass is 19.1. The first-order valence-corrected chi connectivity index (χ1v) is 11.5. The summed E-state index contributed by atoms with van der Waals surface area (Å²) in [5.74, 6) is -0.225. The fourth-order valence-corrected chi connectivity index (χ4v) is 4.83. The number of nitrogens with zero attached hydrogens (tertiary/aromatic N) is 1. The van der Waals surface area contributed by atoms with Crippen LogP contribution in [-0.2, 0) is 6.54 Å². The van der Waals surface area contributed by atoms with Gasteiger partial charge >= 0.3 is 0 Å². The van der Waals surface area contributed by atoms with E-state index in [2.05, 4.69) is 13.8 Å². The standard InChI is InChI=1S/C29H26FNO3/c1-16(2)20-7-9-21(10-8-20)25-24-26(32)23-14-17(3)13-18(4)27(23)34-28(24)29(33)31(25)15-19-5-11-22(30)12-6-19/h5-14,16,25H,15H2,1-4H3. The van der Waals surface area contributed by atoms with Gasteiger partial charge in [0.1, 0.15) is 11.4 Å². The summed E-state index contributed by atoms with van der Waals surface area (Å²) < 4.78 is 19.6. The van der Waals surface area contributed by atoms with Gasteiger partial charge in [-0.3, -0.25) is 9.59 Å². The Morgan fingerprint density at radius 2 is 1.65 bits per heavy atom. The van der Waals surface area contributed by atoms with Gasteiger partial charge in [0.25, 0.3) is 5.91 Å². The van der Waals surface area contributed by atoms with E-state index in [4.69, 9.17) is 4.42 Å². The maximum absolute atomic E-state index is 13.8. The van der Waals surface area contributed by atoms with Gasteiger partial charge in [0.05, 0.1) is 17.0 Å². The molecule has 5 heteroatoms. The van der Waals surface area contributed by atoms with Crippen LogP contribution in [-0.4, -0.2) is 10.8 Å². The quantitative estimate of drug-likeness (QED) is 0.357. The lowest BCUT2D eigenvalue weighted by Gasteiger charge is -2.25. The normalized spacial score (nSPS) is 15.4. The lowest BCUT2D eigenvalue weighted by Crippen LogP contribution is -2.29. The molecule has 1 amide bonds. The summed E-state index contributed by atoms with van der Waals surface area (Å²) in [6.07, 6.45) is 0. The first-order valence-electron chi connectivity index (χ1n) is 11.5. The molecule has 0 saturated heterocycles. The summed E-state index contributed by atoms with van der Waals surface area (Å²) in [6.45, 7) is 8.29. The molecule has 172 valence electrons. The summed E-state index contributed by atoms with van der Waals surface area (Å²) in [7, 11) is 0. The summed E-state index contributed by atoms with van der Waals surface area (Å²) in [6, 6.07) is 17.3. The molecule has 4 nitrogen and oxygen atoms in total. The largest absolute Gasteiger partial charge is 0.450 e. The Hall–Kier alpha value is -3.73. The third-order valence-electron chi connectivity index (χ3n) is 6.58. The second-order valence-corrected chi connectivity index (χ2v) is 9.42. The van der Waals surface area contributed by atoms with Crippen LogP contribution in [0.4, 0.5) is 4.39 Å². The van der Waals surface area contributed by atoms with Crippen LogP contribution in [0.15, 0.2) is 69.9 Å². The van der Waals surface area contributed by atoms with Gasteiger partial charge in [0, 0.05) is 6.54 Å². The van der Waals surface area contributed by atoms with Crippen molar-refractivity contribution in [2.75, 3.05) is 0 Å². The SMILES string of the molecule is Cc1cc(C)c2oc3c(c(=O)c2c1)C(c1ccc(C(C)C)cc1)N(Cc1ccc(F)cc1)C3=O. The first-order chi connectivity index (χ1) is 16.2. The van der Waals surface area contributed by atoms with Gasteiger partial charge in [-0.05, 0) is 65.8 Å². The second kappa shape index (κ2) is 8.24. The molecule has 0 N–H and O–H groups in total. The van der Waals surface area contributed by atoms with Gasteiger partial charge < -0.3 is 9.32 Å². The van der Waals surface area contributed by atoms with Crippen molar-refractivity contribution in [3.63, 3.8) is 0 Å². The van der Waals surface area contributed by atoms with Crippen LogP contribution in [0, 0.1) is 19.7 Å². The van der Waals surface area contributed by atoms with Crippen molar-refractivity contribution in [2.24, 2.45) is 0 Å². The molecule has 0 fully saturated rings. The Bertz CT molecular complexity index is 1470. The Morgan fingerprint density at radius 1 is 0.971 bits per heavy atom. The lowest BCUT2D eigenvalue weighted by atomic mass is 9.94. The molecule has 0 bridgehead atoms. The minimum Gasteiger partial charge on any atom is -0.450 e. The predicted molar refractivity (Wildman–Crippen MR) is 131 cm³/mol. The van der Waals surface area contributed by atoms with Crippen molar-refractivity contribution in [3.8, 4) is 0 Å². The van der Waals surface area contributed by atoms with Gasteiger partial charge in [-0.2, -0.15) is 0 Å². The number of hydrogen-bond donors (Lipinski definition) is 0. The Morgan fingerprint density at radius 3 is 2.29 bits per heavy atom. The molecule has 2 heterocycles. The number of carbonyl (C=O) groups excluding carboxylic acids is 1. The number of amides is 1. The molecule has 3 aromatic carbocycles. The number of benzene rings is 3. The van der Waals surface area contributed by atoms with E-state index in [-0.39, 0.29) is 29.5 Å². The second-order valence-electron chi connectivity index (χ2n) is 9.42. The third kappa shape index (κ3) is 3.61. The van der Waals surface area contributed by atoms with Crippen molar-refractivity contribution in [3.05, 3.63) is 116 Å². The molecule has 1 aliphatic heterocycles. The molecule has 5 rings (SSSR count). The van der Waals surface area contributed by atoms with E-state index >= 15 is 0 Å². The van der Waals surface area contributed by atoms with Crippen LogP contribution in [0.2, 0.25) is 0 Å². The molecule has 1 atom stereocenters. The highest BCUT2D eigenvalue weighted by Gasteiger charge is 2.42. The average molecular weight is 456 g/mol. The monoisotopic (exact) mass is 455 g/mol. The highest BCUT2D eigenvalue weighted by molar-refractivity contribution is 5.99. The van der Waals surface area contributed by atoms with E-state index in [9.17, 15) is 14.0 Å². The molecule has 0 saturated carbocycles. The predicted octanol–water partition coefficient (Wildman–Crippen LogP) is 6.42. The van der Waals surface area contributed by atoms with Crippen LogP contribution in [0.3, 0.4) is 0 Å². The fourth-order valence-electron chi connectivity index (χ4n) is 4.83. The van der Waals surface area contributed by atoms with Gasteiger partial charge in [0.2, 0.25) is 5.76 Å². The van der Waals surface area contributed by atoms with Gasteiger partial charge in [-0.1, -0.05) is 56.3 Å². The molecule has 4 aromatic rings. The molecule has 1 unspecified atom stereocenters. The zero-order valence-corrected chi connectivity index (χ0v) is 19.7. The van der Waals surface area contributed by atoms with E-state index < -0.39 is 6.04 Å². The number of hydrogen-bond acceptors (Lipinski definition) is 3. The number of carbonyl (C=O) groups is 1. The number of rotatable bonds is 4. The molecule has 1 aromatic heterocycles. The number of aryl methyl sites for hydroxylation is 2. The van der Waals surface area contributed by atoms with E-state index in [0.29, 0.717) is 22.5 Å². The van der Waals surface area contributed by atoms with Crippen LogP contribution in [0.25, 0.3) is 11.0 Å². The Labute approximate surface area is 197 Å². The molecule has 1 aliphatic rings. The third-order valence-corrected chi connectivity index (χ3v) is 6.58. The zero-order valence-electron chi connectivity index (χ0n) is 19.7. The summed E-state index contributed by atoms with van der Waals surface area (Å²) in [4.78, 5) is 29.1. The molecular weight excluding hydrogens is 429 g/mol. The van der Waals surface area contributed by atoms with Crippen LogP contribution < -0.4 is 5.43 Å². The van der Waals surface area contributed by atoms with Crippen molar-refractivity contribution in [1.82, 2.24) is 4.90 Å². The van der Waals surface area contributed by atoms with Gasteiger partial charge in [-0.25, -0.2) is 4.39 Å². The Kier molecular flexibility index (Phi) is 5.35. The maximum atomic E-state index is 13.8. The minimum atomic E-state index is -0.588.